The Morgan fingerprint density at radius 1 is 1.27 bits per heavy atom. The van der Waals surface area contributed by atoms with Crippen molar-refractivity contribution in [3.05, 3.63) is 41.6 Å². The first-order valence-corrected chi connectivity index (χ1v) is 7.36. The lowest BCUT2D eigenvalue weighted by Gasteiger charge is -2.27. The van der Waals surface area contributed by atoms with Crippen LogP contribution in [0.2, 0.25) is 0 Å². The zero-order valence-corrected chi connectivity index (χ0v) is 13.1. The molecule has 0 radical (unpaired) electrons. The van der Waals surface area contributed by atoms with E-state index in [1.807, 2.05) is 49.0 Å². The van der Waals surface area contributed by atoms with Crippen LogP contribution in [0.4, 0.5) is 0 Å². The zero-order valence-electron chi connectivity index (χ0n) is 12.3. The van der Waals surface area contributed by atoms with Crippen molar-refractivity contribution in [3.8, 4) is 0 Å². The summed E-state index contributed by atoms with van der Waals surface area (Å²) < 4.78 is 1.97. The number of likely N-dealkylation sites (N-methyl/N-ethyl adjacent to an activating group) is 1. The minimum absolute atomic E-state index is 0.104. The second-order valence-corrected chi connectivity index (χ2v) is 5.47. The third-order valence-electron chi connectivity index (χ3n) is 3.73. The first-order valence-electron chi connectivity index (χ1n) is 6.96. The van der Waals surface area contributed by atoms with E-state index in [9.17, 15) is 9.59 Å². The summed E-state index contributed by atoms with van der Waals surface area (Å²) in [5, 5.41) is 3.71. The average Bonchev–Trinajstić information content (AvgIpc) is 2.81. The zero-order chi connectivity index (χ0) is 15.9. The second-order valence-electron chi connectivity index (χ2n) is 5.08. The summed E-state index contributed by atoms with van der Waals surface area (Å²) in [6, 6.07) is 7.85. The van der Waals surface area contributed by atoms with Crippen LogP contribution in [0.5, 0.6) is 0 Å². The van der Waals surface area contributed by atoms with E-state index in [-0.39, 0.29) is 16.6 Å². The third-order valence-corrected chi connectivity index (χ3v) is 4.05. The summed E-state index contributed by atoms with van der Waals surface area (Å²) in [5.41, 5.74) is 1.98. The van der Waals surface area contributed by atoms with E-state index in [1.165, 1.54) is 4.90 Å². The first kappa shape index (κ1) is 14.5. The molecule has 3 rings (SSSR count). The Morgan fingerprint density at radius 2 is 2.00 bits per heavy atom. The molecule has 0 bridgehead atoms. The molecule has 1 saturated heterocycles. The smallest absolute Gasteiger partial charge is 0.265 e. The summed E-state index contributed by atoms with van der Waals surface area (Å²) in [5.74, 6) is -0.809. The normalized spacial score (nSPS) is 17.5. The van der Waals surface area contributed by atoms with Gasteiger partial charge in [-0.2, -0.15) is 0 Å². The summed E-state index contributed by atoms with van der Waals surface area (Å²) >= 11 is 5.02. The van der Waals surface area contributed by atoms with Gasteiger partial charge in [0.1, 0.15) is 5.57 Å². The van der Waals surface area contributed by atoms with Gasteiger partial charge in [-0.15, -0.1) is 0 Å². The van der Waals surface area contributed by atoms with Crippen molar-refractivity contribution in [2.75, 3.05) is 6.54 Å². The molecule has 6 heteroatoms. The van der Waals surface area contributed by atoms with Gasteiger partial charge in [-0.1, -0.05) is 18.2 Å². The Balaban J connectivity index is 2.11. The lowest BCUT2D eigenvalue weighted by molar-refractivity contribution is -0.128. The maximum Gasteiger partial charge on any atom is 0.265 e. The molecule has 5 nitrogen and oxygen atoms in total. The molecule has 2 amide bonds. The number of rotatable bonds is 2. The van der Waals surface area contributed by atoms with Gasteiger partial charge >= 0.3 is 0 Å². The molecule has 1 N–H and O–H groups in total. The number of para-hydroxylation sites is 1. The van der Waals surface area contributed by atoms with E-state index in [1.54, 1.807) is 6.08 Å². The highest BCUT2D eigenvalue weighted by molar-refractivity contribution is 7.80. The van der Waals surface area contributed by atoms with Crippen LogP contribution in [0.15, 0.2) is 36.0 Å². The number of carbonyl (C=O) groups excluding carboxylic acids is 2. The van der Waals surface area contributed by atoms with Crippen LogP contribution in [0.25, 0.3) is 17.0 Å². The van der Waals surface area contributed by atoms with Crippen LogP contribution in [0, 0.1) is 0 Å². The van der Waals surface area contributed by atoms with Gasteiger partial charge < -0.3 is 4.57 Å². The maximum absolute atomic E-state index is 12.4. The molecule has 1 aliphatic rings. The van der Waals surface area contributed by atoms with Gasteiger partial charge in [-0.3, -0.25) is 19.8 Å². The second kappa shape index (κ2) is 5.38. The minimum atomic E-state index is -0.451. The highest BCUT2D eigenvalue weighted by atomic mass is 32.1. The molecule has 1 aromatic carbocycles. The summed E-state index contributed by atoms with van der Waals surface area (Å²) in [6.07, 6.45) is 3.53. The standard InChI is InChI=1S/C16H15N3O2S/c1-3-19-15(21)12(14(20)17-16(19)22)8-10-9-18(2)13-7-5-4-6-11(10)13/h4-9H,3H2,1-2H3,(H,17,20,22)/b12-8+. The molecule has 0 saturated carbocycles. The number of amides is 2. The Hall–Kier alpha value is -2.47. The predicted molar refractivity (Wildman–Crippen MR) is 89.0 cm³/mol. The van der Waals surface area contributed by atoms with E-state index in [0.717, 1.165) is 16.5 Å². The number of benzene rings is 1. The number of thiocarbonyl (C=S) groups is 1. The molecule has 22 heavy (non-hydrogen) atoms. The van der Waals surface area contributed by atoms with Gasteiger partial charge in [0, 0.05) is 36.3 Å². The van der Waals surface area contributed by atoms with Crippen molar-refractivity contribution in [2.24, 2.45) is 7.05 Å². The molecule has 0 unspecified atom stereocenters. The van der Waals surface area contributed by atoms with E-state index in [2.05, 4.69) is 5.32 Å². The number of hydrogen-bond acceptors (Lipinski definition) is 3. The monoisotopic (exact) mass is 313 g/mol. The fourth-order valence-electron chi connectivity index (χ4n) is 2.62. The Bertz CT molecular complexity index is 835. The number of aryl methyl sites for hydroxylation is 1. The molecule has 0 aliphatic carbocycles. The molecule has 0 atom stereocenters. The summed E-state index contributed by atoms with van der Waals surface area (Å²) in [4.78, 5) is 25.9. The highest BCUT2D eigenvalue weighted by Crippen LogP contribution is 2.24. The summed E-state index contributed by atoms with van der Waals surface area (Å²) in [7, 11) is 1.93. The van der Waals surface area contributed by atoms with Crippen molar-refractivity contribution >= 4 is 46.1 Å². The molecule has 0 spiro atoms. The van der Waals surface area contributed by atoms with Crippen LogP contribution in [0.3, 0.4) is 0 Å². The van der Waals surface area contributed by atoms with Crippen molar-refractivity contribution in [3.63, 3.8) is 0 Å². The van der Waals surface area contributed by atoms with E-state index < -0.39 is 5.91 Å². The Morgan fingerprint density at radius 3 is 2.73 bits per heavy atom. The van der Waals surface area contributed by atoms with Gasteiger partial charge in [0.05, 0.1) is 0 Å². The number of nitrogens with one attached hydrogen (secondary N) is 1. The van der Waals surface area contributed by atoms with Crippen LogP contribution in [0.1, 0.15) is 12.5 Å². The minimum Gasteiger partial charge on any atom is -0.350 e. The molecule has 112 valence electrons. The SMILES string of the molecule is CCN1C(=O)/C(=C/c2cn(C)c3ccccc23)C(=O)NC1=S. The van der Waals surface area contributed by atoms with Crippen LogP contribution in [-0.2, 0) is 16.6 Å². The van der Waals surface area contributed by atoms with Gasteiger partial charge in [0.25, 0.3) is 11.8 Å². The predicted octanol–water partition coefficient (Wildman–Crippen LogP) is 1.82. The fourth-order valence-corrected chi connectivity index (χ4v) is 2.93. The number of carbonyl (C=O) groups is 2. The van der Waals surface area contributed by atoms with Gasteiger partial charge in [0.15, 0.2) is 5.11 Å². The molecular formula is C16H15N3O2S. The lowest BCUT2D eigenvalue weighted by atomic mass is 10.1. The largest absolute Gasteiger partial charge is 0.350 e. The summed E-state index contributed by atoms with van der Waals surface area (Å²) in [6.45, 7) is 2.24. The third kappa shape index (κ3) is 2.21. The fraction of sp³-hybridized carbons (Fsp3) is 0.188. The molecule has 1 aliphatic heterocycles. The van der Waals surface area contributed by atoms with Crippen LogP contribution in [-0.4, -0.2) is 32.9 Å². The average molecular weight is 313 g/mol. The number of aromatic nitrogens is 1. The van der Waals surface area contributed by atoms with Gasteiger partial charge in [-0.25, -0.2) is 0 Å². The maximum atomic E-state index is 12.4. The van der Waals surface area contributed by atoms with Crippen molar-refractivity contribution in [1.82, 2.24) is 14.8 Å². The first-order chi connectivity index (χ1) is 10.5. The number of nitrogens with zero attached hydrogens (tertiary/aromatic N) is 2. The highest BCUT2D eigenvalue weighted by Gasteiger charge is 2.32. The number of fused-ring (bicyclic) bond motifs is 1. The van der Waals surface area contributed by atoms with Gasteiger partial charge in [-0.05, 0) is 31.3 Å². The quantitative estimate of drug-likeness (QED) is 0.523. The van der Waals surface area contributed by atoms with Crippen LogP contribution >= 0.6 is 12.2 Å². The molecule has 2 heterocycles. The van der Waals surface area contributed by atoms with Crippen molar-refractivity contribution in [1.29, 1.82) is 0 Å². The lowest BCUT2D eigenvalue weighted by Crippen LogP contribution is -2.53. The van der Waals surface area contributed by atoms with E-state index >= 15 is 0 Å². The Labute approximate surface area is 133 Å². The molecular weight excluding hydrogens is 298 g/mol. The van der Waals surface area contributed by atoms with Crippen LogP contribution < -0.4 is 5.32 Å². The number of hydrogen-bond donors (Lipinski definition) is 1. The van der Waals surface area contributed by atoms with E-state index in [0.29, 0.717) is 6.54 Å². The van der Waals surface area contributed by atoms with Crippen molar-refractivity contribution in [2.45, 2.75) is 6.92 Å². The Kier molecular flexibility index (Phi) is 3.54. The molecule has 1 aromatic heterocycles. The topological polar surface area (TPSA) is 54.3 Å². The van der Waals surface area contributed by atoms with Crippen molar-refractivity contribution < 1.29 is 9.59 Å². The molecule has 1 fully saturated rings. The van der Waals surface area contributed by atoms with Gasteiger partial charge in [0.2, 0.25) is 0 Å². The van der Waals surface area contributed by atoms with E-state index in [4.69, 9.17) is 12.2 Å². The molecule has 2 aromatic rings.